The van der Waals surface area contributed by atoms with Gasteiger partial charge in [0, 0.05) is 12.5 Å². The Labute approximate surface area is 142 Å². The topological polar surface area (TPSA) is 38.3 Å². The maximum Gasteiger partial charge on any atom is 0.260 e. The van der Waals surface area contributed by atoms with Crippen molar-refractivity contribution in [1.82, 2.24) is 5.32 Å². The molecule has 4 heteroatoms. The van der Waals surface area contributed by atoms with Crippen LogP contribution in [0.25, 0.3) is 0 Å². The lowest BCUT2D eigenvalue weighted by Crippen LogP contribution is -2.38. The molecule has 0 heterocycles. The van der Waals surface area contributed by atoms with E-state index in [1.807, 2.05) is 30.3 Å². The second-order valence-electron chi connectivity index (χ2n) is 5.45. The van der Waals surface area contributed by atoms with E-state index >= 15 is 0 Å². The molecule has 0 aliphatic rings. The molecular formula is C19H22ClNO2. The lowest BCUT2D eigenvalue weighted by molar-refractivity contribution is -0.127. The highest BCUT2D eigenvalue weighted by Crippen LogP contribution is 2.24. The van der Waals surface area contributed by atoms with Gasteiger partial charge in [-0.05, 0) is 31.0 Å². The molecule has 0 aliphatic heterocycles. The summed E-state index contributed by atoms with van der Waals surface area (Å²) in [4.78, 5) is 12.2. The predicted octanol–water partition coefficient (Wildman–Crippen LogP) is 4.42. The van der Waals surface area contributed by atoms with Crippen molar-refractivity contribution in [3.63, 3.8) is 0 Å². The van der Waals surface area contributed by atoms with E-state index in [9.17, 15) is 4.79 Å². The highest BCUT2D eigenvalue weighted by atomic mass is 35.5. The number of rotatable bonds is 7. The lowest BCUT2D eigenvalue weighted by Gasteiger charge is -2.19. The number of hydrogen-bond donors (Lipinski definition) is 1. The molecule has 0 saturated heterocycles. The smallest absolute Gasteiger partial charge is 0.260 e. The molecule has 0 aliphatic carbocycles. The van der Waals surface area contributed by atoms with Crippen molar-refractivity contribution < 1.29 is 9.53 Å². The molecule has 2 rings (SSSR count). The number of hydrogen-bond acceptors (Lipinski definition) is 2. The Morgan fingerprint density at radius 3 is 2.43 bits per heavy atom. The minimum atomic E-state index is -0.594. The van der Waals surface area contributed by atoms with Crippen LogP contribution in [0.2, 0.25) is 5.02 Å². The molecule has 3 nitrogen and oxygen atoms in total. The normalized spacial score (nSPS) is 13.2. The summed E-state index contributed by atoms with van der Waals surface area (Å²) in [5, 5.41) is 3.47. The summed E-state index contributed by atoms with van der Waals surface area (Å²) in [7, 11) is 0. The Morgan fingerprint density at radius 2 is 1.78 bits per heavy atom. The maximum atomic E-state index is 12.2. The zero-order chi connectivity index (χ0) is 16.7. The molecule has 2 aromatic carbocycles. The minimum Gasteiger partial charge on any atom is -0.479 e. The monoisotopic (exact) mass is 331 g/mol. The van der Waals surface area contributed by atoms with Gasteiger partial charge in [-0.15, -0.1) is 0 Å². The molecule has 1 amide bonds. The zero-order valence-electron chi connectivity index (χ0n) is 13.5. The fourth-order valence-corrected chi connectivity index (χ4v) is 2.56. The largest absolute Gasteiger partial charge is 0.479 e. The van der Waals surface area contributed by atoms with E-state index in [0.717, 1.165) is 6.42 Å². The standard InChI is InChI=1S/C19H22ClNO2/c1-3-15(16-9-5-4-6-10-16)13-21-19(22)14(2)23-18-12-8-7-11-17(18)20/h4-12,14-15H,3,13H2,1-2H3,(H,21,22)/t14-,15+/m1/s1. The van der Waals surface area contributed by atoms with Gasteiger partial charge < -0.3 is 10.1 Å². The van der Waals surface area contributed by atoms with Gasteiger partial charge in [-0.25, -0.2) is 0 Å². The molecule has 0 radical (unpaired) electrons. The summed E-state index contributed by atoms with van der Waals surface area (Å²) >= 11 is 6.05. The second kappa shape index (κ2) is 8.59. The fourth-order valence-electron chi connectivity index (χ4n) is 2.37. The van der Waals surface area contributed by atoms with Crippen molar-refractivity contribution in [2.75, 3.05) is 6.54 Å². The Bertz CT molecular complexity index is 630. The van der Waals surface area contributed by atoms with E-state index < -0.39 is 6.10 Å². The first-order chi connectivity index (χ1) is 11.1. The highest BCUT2D eigenvalue weighted by molar-refractivity contribution is 6.32. The van der Waals surface area contributed by atoms with Gasteiger partial charge in [0.05, 0.1) is 5.02 Å². The number of carbonyl (C=O) groups is 1. The second-order valence-corrected chi connectivity index (χ2v) is 5.86. The van der Waals surface area contributed by atoms with Crippen LogP contribution in [-0.2, 0) is 4.79 Å². The number of amides is 1. The third-order valence-corrected chi connectivity index (χ3v) is 4.11. The van der Waals surface area contributed by atoms with E-state index in [0.29, 0.717) is 23.2 Å². The van der Waals surface area contributed by atoms with Gasteiger partial charge in [0.15, 0.2) is 6.10 Å². The van der Waals surface area contributed by atoms with Crippen LogP contribution in [0.5, 0.6) is 5.75 Å². The molecule has 0 spiro atoms. The van der Waals surface area contributed by atoms with Crippen molar-refractivity contribution in [3.8, 4) is 5.75 Å². The number of benzene rings is 2. The van der Waals surface area contributed by atoms with E-state index in [4.69, 9.17) is 16.3 Å². The van der Waals surface area contributed by atoms with E-state index in [-0.39, 0.29) is 5.91 Å². The molecule has 0 saturated carbocycles. The molecule has 23 heavy (non-hydrogen) atoms. The van der Waals surface area contributed by atoms with Crippen LogP contribution < -0.4 is 10.1 Å². The Balaban J connectivity index is 1.89. The Kier molecular flexibility index (Phi) is 6.48. The average Bonchev–Trinajstić information content (AvgIpc) is 2.58. The number of para-hydroxylation sites is 1. The van der Waals surface area contributed by atoms with Crippen LogP contribution in [0.1, 0.15) is 31.7 Å². The third kappa shape index (κ3) is 5.00. The maximum absolute atomic E-state index is 12.2. The summed E-state index contributed by atoms with van der Waals surface area (Å²) in [6.45, 7) is 4.44. The van der Waals surface area contributed by atoms with E-state index in [1.165, 1.54) is 5.56 Å². The van der Waals surface area contributed by atoms with E-state index in [2.05, 4.69) is 24.4 Å². The quantitative estimate of drug-likeness (QED) is 0.815. The molecule has 0 fully saturated rings. The van der Waals surface area contributed by atoms with Crippen molar-refractivity contribution in [1.29, 1.82) is 0 Å². The molecule has 0 unspecified atom stereocenters. The number of nitrogens with one attached hydrogen (secondary N) is 1. The van der Waals surface area contributed by atoms with Gasteiger partial charge in [-0.2, -0.15) is 0 Å². The molecular weight excluding hydrogens is 310 g/mol. The van der Waals surface area contributed by atoms with Crippen LogP contribution in [0.4, 0.5) is 0 Å². The summed E-state index contributed by atoms with van der Waals surface area (Å²) in [5.74, 6) is 0.680. The first kappa shape index (κ1) is 17.4. The van der Waals surface area contributed by atoms with E-state index in [1.54, 1.807) is 19.1 Å². The molecule has 122 valence electrons. The van der Waals surface area contributed by atoms with Crippen LogP contribution >= 0.6 is 11.6 Å². The first-order valence-corrected chi connectivity index (χ1v) is 8.23. The summed E-state index contributed by atoms with van der Waals surface area (Å²) in [5.41, 5.74) is 1.23. The van der Waals surface area contributed by atoms with Gasteiger partial charge in [0.1, 0.15) is 5.75 Å². The van der Waals surface area contributed by atoms with Gasteiger partial charge in [0.2, 0.25) is 0 Å². The Morgan fingerprint density at radius 1 is 1.13 bits per heavy atom. The summed E-state index contributed by atoms with van der Waals surface area (Å²) in [6.07, 6.45) is 0.368. The van der Waals surface area contributed by atoms with Crippen LogP contribution in [0, 0.1) is 0 Å². The molecule has 2 aromatic rings. The minimum absolute atomic E-state index is 0.140. The SMILES string of the molecule is CC[C@@H](CNC(=O)[C@@H](C)Oc1ccccc1Cl)c1ccccc1. The fraction of sp³-hybridized carbons (Fsp3) is 0.316. The zero-order valence-corrected chi connectivity index (χ0v) is 14.2. The number of halogens is 1. The number of carbonyl (C=O) groups excluding carboxylic acids is 1. The van der Waals surface area contributed by atoms with Crippen molar-refractivity contribution in [2.45, 2.75) is 32.3 Å². The van der Waals surface area contributed by atoms with Gasteiger partial charge in [0.25, 0.3) is 5.91 Å². The predicted molar refractivity (Wildman–Crippen MR) is 94.0 cm³/mol. The van der Waals surface area contributed by atoms with Crippen LogP contribution in [-0.4, -0.2) is 18.6 Å². The van der Waals surface area contributed by atoms with Gasteiger partial charge in [-0.1, -0.05) is 61.0 Å². The van der Waals surface area contributed by atoms with Crippen LogP contribution in [0.15, 0.2) is 54.6 Å². The lowest BCUT2D eigenvalue weighted by atomic mass is 9.96. The molecule has 2 atom stereocenters. The van der Waals surface area contributed by atoms with Gasteiger partial charge in [-0.3, -0.25) is 4.79 Å². The summed E-state index contributed by atoms with van der Waals surface area (Å²) < 4.78 is 5.63. The first-order valence-electron chi connectivity index (χ1n) is 7.85. The average molecular weight is 332 g/mol. The van der Waals surface area contributed by atoms with Crippen LogP contribution in [0.3, 0.4) is 0 Å². The highest BCUT2D eigenvalue weighted by Gasteiger charge is 2.17. The van der Waals surface area contributed by atoms with Crippen molar-refractivity contribution in [3.05, 3.63) is 65.2 Å². The Hall–Kier alpha value is -2.00. The molecule has 1 N–H and O–H groups in total. The summed E-state index contributed by atoms with van der Waals surface area (Å²) in [6, 6.07) is 17.4. The molecule has 0 aromatic heterocycles. The van der Waals surface area contributed by atoms with Crippen molar-refractivity contribution >= 4 is 17.5 Å². The molecule has 0 bridgehead atoms. The third-order valence-electron chi connectivity index (χ3n) is 3.80. The van der Waals surface area contributed by atoms with Gasteiger partial charge >= 0.3 is 0 Å². The van der Waals surface area contributed by atoms with Crippen molar-refractivity contribution in [2.24, 2.45) is 0 Å². The number of ether oxygens (including phenoxy) is 1.